The topological polar surface area (TPSA) is 49.3 Å². The molecule has 2 saturated heterocycles. The Morgan fingerprint density at radius 1 is 1.24 bits per heavy atom. The second-order valence-electron chi connectivity index (χ2n) is 6.92. The van der Waals surface area contributed by atoms with Crippen molar-refractivity contribution in [2.45, 2.75) is 39.0 Å². The summed E-state index contributed by atoms with van der Waals surface area (Å²) >= 11 is 1.45. The van der Waals surface area contributed by atoms with Gasteiger partial charge in [-0.1, -0.05) is 25.2 Å². The first-order chi connectivity index (χ1) is 9.99. The van der Waals surface area contributed by atoms with Gasteiger partial charge in [-0.2, -0.15) is 0 Å². The monoisotopic (exact) mass is 308 g/mol. The number of aromatic nitrogens is 2. The lowest BCUT2D eigenvalue weighted by Crippen LogP contribution is -2.47. The molecule has 1 unspecified atom stereocenters. The van der Waals surface area contributed by atoms with E-state index in [1.807, 2.05) is 4.90 Å². The fourth-order valence-electron chi connectivity index (χ4n) is 3.56. The predicted octanol–water partition coefficient (Wildman–Crippen LogP) is 2.22. The van der Waals surface area contributed by atoms with Gasteiger partial charge >= 0.3 is 0 Å². The Labute approximate surface area is 130 Å². The molecule has 3 rings (SSSR count). The maximum Gasteiger partial charge on any atom is 0.284 e. The molecule has 2 aliphatic heterocycles. The van der Waals surface area contributed by atoms with E-state index in [0.29, 0.717) is 16.3 Å². The van der Waals surface area contributed by atoms with E-state index < -0.39 is 0 Å². The molecule has 2 fully saturated rings. The average Bonchev–Trinajstić information content (AvgIpc) is 3.06. The molecular weight excluding hydrogens is 284 g/mol. The molecule has 21 heavy (non-hydrogen) atoms. The Balaban J connectivity index is 1.72. The van der Waals surface area contributed by atoms with Gasteiger partial charge in [0.1, 0.15) is 5.01 Å². The van der Waals surface area contributed by atoms with Crippen molar-refractivity contribution in [3.63, 3.8) is 0 Å². The summed E-state index contributed by atoms with van der Waals surface area (Å²) in [5.41, 5.74) is 0.314. The second-order valence-corrected chi connectivity index (χ2v) is 7.93. The first-order valence-electron chi connectivity index (χ1n) is 7.80. The van der Waals surface area contributed by atoms with Crippen molar-refractivity contribution in [3.8, 4) is 0 Å². The van der Waals surface area contributed by atoms with Crippen LogP contribution in [0.15, 0.2) is 0 Å². The third-order valence-electron chi connectivity index (χ3n) is 4.70. The van der Waals surface area contributed by atoms with Gasteiger partial charge in [-0.3, -0.25) is 4.79 Å². The summed E-state index contributed by atoms with van der Waals surface area (Å²) < 4.78 is 0. The predicted molar refractivity (Wildman–Crippen MR) is 83.7 cm³/mol. The lowest BCUT2D eigenvalue weighted by Gasteiger charge is -2.40. The minimum Gasteiger partial charge on any atom is -0.336 e. The highest BCUT2D eigenvalue weighted by atomic mass is 32.1. The van der Waals surface area contributed by atoms with Crippen LogP contribution in [0.5, 0.6) is 0 Å². The fourth-order valence-corrected chi connectivity index (χ4v) is 4.38. The fraction of sp³-hybridized carbons (Fsp3) is 0.800. The normalized spacial score (nSPS) is 27.0. The van der Waals surface area contributed by atoms with Gasteiger partial charge in [0.05, 0.1) is 0 Å². The summed E-state index contributed by atoms with van der Waals surface area (Å²) in [4.78, 5) is 17.1. The largest absolute Gasteiger partial charge is 0.336 e. The number of carbonyl (C=O) groups is 1. The minimum absolute atomic E-state index is 0.0769. The van der Waals surface area contributed by atoms with Gasteiger partial charge in [0.15, 0.2) is 0 Å². The molecule has 1 atom stereocenters. The zero-order valence-corrected chi connectivity index (χ0v) is 13.9. The zero-order valence-electron chi connectivity index (χ0n) is 13.1. The quantitative estimate of drug-likeness (QED) is 0.840. The van der Waals surface area contributed by atoms with Crippen molar-refractivity contribution in [1.82, 2.24) is 20.0 Å². The average molecular weight is 308 g/mol. The van der Waals surface area contributed by atoms with E-state index in [4.69, 9.17) is 0 Å². The summed E-state index contributed by atoms with van der Waals surface area (Å²) in [5, 5.41) is 9.76. The van der Waals surface area contributed by atoms with Crippen LogP contribution in [-0.2, 0) is 0 Å². The Morgan fingerprint density at radius 2 is 2.05 bits per heavy atom. The number of amides is 1. The first kappa shape index (κ1) is 14.9. The molecule has 0 N–H and O–H groups in total. The molecule has 2 aliphatic rings. The lowest BCUT2D eigenvalue weighted by molar-refractivity contribution is 0.0533. The van der Waals surface area contributed by atoms with Crippen LogP contribution in [0.3, 0.4) is 0 Å². The van der Waals surface area contributed by atoms with Gasteiger partial charge in [0.25, 0.3) is 5.91 Å². The minimum atomic E-state index is 0.0769. The highest BCUT2D eigenvalue weighted by molar-refractivity contribution is 7.13. The number of piperidine rings is 1. The molecule has 1 aromatic rings. The molecule has 3 heterocycles. The highest BCUT2D eigenvalue weighted by Gasteiger charge is 2.41. The van der Waals surface area contributed by atoms with Gasteiger partial charge in [-0.25, -0.2) is 0 Å². The molecule has 116 valence electrons. The SMILES string of the molecule is CC(C)c1nnc(C(=O)N2CCCC3(CCN(C)C3)C2)s1. The molecule has 1 spiro atoms. The molecule has 0 saturated carbocycles. The number of carbonyl (C=O) groups excluding carboxylic acids is 1. The van der Waals surface area contributed by atoms with Crippen LogP contribution >= 0.6 is 11.3 Å². The van der Waals surface area contributed by atoms with Gasteiger partial charge in [0, 0.05) is 31.0 Å². The summed E-state index contributed by atoms with van der Waals surface area (Å²) in [6.45, 7) is 8.17. The molecule has 0 aromatic carbocycles. The zero-order chi connectivity index (χ0) is 15.0. The summed E-state index contributed by atoms with van der Waals surface area (Å²) in [6, 6.07) is 0. The standard InChI is InChI=1S/C15H24N4OS/c1-11(2)12-16-17-13(21-12)14(20)19-7-4-5-15(10-19)6-8-18(3)9-15/h11H,4-10H2,1-3H3. The molecule has 0 aliphatic carbocycles. The molecule has 1 amide bonds. The maximum atomic E-state index is 12.7. The van der Waals surface area contributed by atoms with Crippen LogP contribution in [0, 0.1) is 5.41 Å². The Bertz CT molecular complexity index is 525. The molecular formula is C15H24N4OS. The van der Waals surface area contributed by atoms with Crippen LogP contribution in [-0.4, -0.2) is 59.1 Å². The van der Waals surface area contributed by atoms with Crippen molar-refractivity contribution in [3.05, 3.63) is 10.0 Å². The van der Waals surface area contributed by atoms with E-state index in [0.717, 1.165) is 37.6 Å². The van der Waals surface area contributed by atoms with E-state index in [2.05, 4.69) is 36.0 Å². The van der Waals surface area contributed by atoms with Crippen LogP contribution < -0.4 is 0 Å². The number of likely N-dealkylation sites (tertiary alicyclic amines) is 2. The second kappa shape index (κ2) is 5.65. The lowest BCUT2D eigenvalue weighted by atomic mass is 9.79. The number of nitrogens with zero attached hydrogens (tertiary/aromatic N) is 4. The number of rotatable bonds is 2. The Kier molecular flexibility index (Phi) is 4.01. The van der Waals surface area contributed by atoms with E-state index in [1.165, 1.54) is 24.2 Å². The Hall–Kier alpha value is -1.01. The maximum absolute atomic E-state index is 12.7. The van der Waals surface area contributed by atoms with E-state index in [-0.39, 0.29) is 5.91 Å². The first-order valence-corrected chi connectivity index (χ1v) is 8.62. The number of hydrogen-bond acceptors (Lipinski definition) is 5. The van der Waals surface area contributed by atoms with Crippen LogP contribution in [0.4, 0.5) is 0 Å². The molecule has 1 aromatic heterocycles. The molecule has 0 bridgehead atoms. The van der Waals surface area contributed by atoms with Gasteiger partial charge in [-0.05, 0) is 32.9 Å². The number of hydrogen-bond donors (Lipinski definition) is 0. The van der Waals surface area contributed by atoms with Crippen molar-refractivity contribution in [2.24, 2.45) is 5.41 Å². The van der Waals surface area contributed by atoms with Crippen molar-refractivity contribution < 1.29 is 4.79 Å². The van der Waals surface area contributed by atoms with Gasteiger partial charge in [0.2, 0.25) is 5.01 Å². The smallest absolute Gasteiger partial charge is 0.284 e. The van der Waals surface area contributed by atoms with E-state index >= 15 is 0 Å². The van der Waals surface area contributed by atoms with E-state index in [9.17, 15) is 4.79 Å². The van der Waals surface area contributed by atoms with Crippen LogP contribution in [0.2, 0.25) is 0 Å². The molecule has 5 nitrogen and oxygen atoms in total. The van der Waals surface area contributed by atoms with Gasteiger partial charge in [-0.15, -0.1) is 10.2 Å². The molecule has 6 heteroatoms. The van der Waals surface area contributed by atoms with E-state index in [1.54, 1.807) is 0 Å². The summed E-state index contributed by atoms with van der Waals surface area (Å²) in [7, 11) is 2.18. The highest BCUT2D eigenvalue weighted by Crippen LogP contribution is 2.38. The molecule has 0 radical (unpaired) electrons. The van der Waals surface area contributed by atoms with Gasteiger partial charge < -0.3 is 9.80 Å². The summed E-state index contributed by atoms with van der Waals surface area (Å²) in [5.74, 6) is 0.410. The van der Waals surface area contributed by atoms with Crippen LogP contribution in [0.1, 0.15) is 53.8 Å². The van der Waals surface area contributed by atoms with Crippen LogP contribution in [0.25, 0.3) is 0 Å². The van der Waals surface area contributed by atoms with Crippen molar-refractivity contribution in [2.75, 3.05) is 33.2 Å². The Morgan fingerprint density at radius 3 is 2.67 bits per heavy atom. The third-order valence-corrected chi connectivity index (χ3v) is 5.91. The van der Waals surface area contributed by atoms with Crippen molar-refractivity contribution in [1.29, 1.82) is 0 Å². The third kappa shape index (κ3) is 2.97. The van der Waals surface area contributed by atoms with Crippen molar-refractivity contribution >= 4 is 17.2 Å². The summed E-state index contributed by atoms with van der Waals surface area (Å²) in [6.07, 6.45) is 3.56.